The van der Waals surface area contributed by atoms with Crippen LogP contribution in [-0.2, 0) is 11.3 Å². The molecule has 0 aliphatic rings. The maximum atomic E-state index is 13.2. The van der Waals surface area contributed by atoms with Gasteiger partial charge >= 0.3 is 0 Å². The zero-order valence-corrected chi connectivity index (χ0v) is 8.30. The summed E-state index contributed by atoms with van der Waals surface area (Å²) in [7, 11) is 0. The molecule has 0 fully saturated rings. The molecule has 2 aromatic rings. The van der Waals surface area contributed by atoms with Gasteiger partial charge < -0.3 is 5.32 Å². The second-order valence-corrected chi connectivity index (χ2v) is 3.12. The van der Waals surface area contributed by atoms with Crippen molar-refractivity contribution in [3.8, 4) is 0 Å². The third-order valence-corrected chi connectivity index (χ3v) is 1.92. The van der Waals surface area contributed by atoms with Gasteiger partial charge in [-0.3, -0.25) is 4.79 Å². The summed E-state index contributed by atoms with van der Waals surface area (Å²) in [6.07, 6.45) is 2.75. The molecule has 1 aromatic carbocycles. The molecule has 0 radical (unpaired) electrons. The Morgan fingerprint density at radius 3 is 2.94 bits per heavy atom. The molecule has 0 saturated carbocycles. The van der Waals surface area contributed by atoms with E-state index in [9.17, 15) is 9.18 Å². The monoisotopic (exact) mass is 220 g/mol. The van der Waals surface area contributed by atoms with Crippen LogP contribution in [0.15, 0.2) is 36.9 Å². The van der Waals surface area contributed by atoms with Crippen molar-refractivity contribution < 1.29 is 9.18 Å². The summed E-state index contributed by atoms with van der Waals surface area (Å²) < 4.78 is 14.5. The number of para-hydroxylation sites is 1. The van der Waals surface area contributed by atoms with Gasteiger partial charge in [0.25, 0.3) is 0 Å². The molecule has 82 valence electrons. The number of rotatable bonds is 3. The van der Waals surface area contributed by atoms with Crippen molar-refractivity contribution in [2.24, 2.45) is 0 Å². The number of anilines is 1. The minimum Gasteiger partial charge on any atom is -0.322 e. The van der Waals surface area contributed by atoms with Crippen LogP contribution in [0, 0.1) is 5.82 Å². The van der Waals surface area contributed by atoms with E-state index in [0.717, 1.165) is 0 Å². The Morgan fingerprint density at radius 1 is 1.44 bits per heavy atom. The van der Waals surface area contributed by atoms with Gasteiger partial charge in [0.1, 0.15) is 25.0 Å². The highest BCUT2D eigenvalue weighted by molar-refractivity contribution is 5.90. The number of carbonyl (C=O) groups is 1. The second kappa shape index (κ2) is 4.52. The minimum absolute atomic E-state index is 0.00827. The van der Waals surface area contributed by atoms with Gasteiger partial charge in [0.15, 0.2) is 0 Å². The summed E-state index contributed by atoms with van der Waals surface area (Å²) in [6, 6.07) is 5.98. The topological polar surface area (TPSA) is 59.8 Å². The van der Waals surface area contributed by atoms with Crippen LogP contribution in [0.2, 0.25) is 0 Å². The van der Waals surface area contributed by atoms with Crippen LogP contribution in [0.3, 0.4) is 0 Å². The van der Waals surface area contributed by atoms with Crippen LogP contribution in [0.4, 0.5) is 10.1 Å². The zero-order valence-electron chi connectivity index (χ0n) is 8.30. The van der Waals surface area contributed by atoms with E-state index < -0.39 is 5.82 Å². The highest BCUT2D eigenvalue weighted by Gasteiger charge is 2.06. The smallest absolute Gasteiger partial charge is 0.246 e. The molecule has 0 spiro atoms. The van der Waals surface area contributed by atoms with Crippen LogP contribution in [-0.4, -0.2) is 20.7 Å². The molecule has 1 amide bonds. The van der Waals surface area contributed by atoms with Crippen molar-refractivity contribution in [2.45, 2.75) is 6.54 Å². The summed E-state index contributed by atoms with van der Waals surface area (Å²) in [5.74, 6) is -0.815. The first-order valence-corrected chi connectivity index (χ1v) is 4.62. The van der Waals surface area contributed by atoms with Crippen LogP contribution < -0.4 is 5.32 Å². The molecule has 0 atom stereocenters. The number of benzene rings is 1. The number of hydrogen-bond donors (Lipinski definition) is 1. The zero-order chi connectivity index (χ0) is 11.4. The summed E-state index contributed by atoms with van der Waals surface area (Å²) in [6.45, 7) is 0.00827. The maximum Gasteiger partial charge on any atom is 0.246 e. The molecule has 0 unspecified atom stereocenters. The molecule has 0 aliphatic heterocycles. The number of hydrogen-bond acceptors (Lipinski definition) is 3. The quantitative estimate of drug-likeness (QED) is 0.841. The lowest BCUT2D eigenvalue weighted by atomic mass is 10.3. The molecule has 0 bridgehead atoms. The Balaban J connectivity index is 2.00. The lowest BCUT2D eigenvalue weighted by Crippen LogP contribution is -2.19. The largest absolute Gasteiger partial charge is 0.322 e. The number of nitrogens with zero attached hydrogens (tertiary/aromatic N) is 3. The standard InChI is InChI=1S/C10H9FN4O/c11-8-3-1-2-4-9(8)14-10(16)5-15-7-12-6-13-15/h1-4,6-7H,5H2,(H,14,16). The molecule has 1 N–H and O–H groups in total. The molecule has 6 heteroatoms. The van der Waals surface area contributed by atoms with E-state index in [-0.39, 0.29) is 18.1 Å². The van der Waals surface area contributed by atoms with Gasteiger partial charge in [-0.05, 0) is 12.1 Å². The predicted octanol–water partition coefficient (Wildman–Crippen LogP) is 1.06. The Bertz CT molecular complexity index is 483. The SMILES string of the molecule is O=C(Cn1cncn1)Nc1ccccc1F. The molecule has 16 heavy (non-hydrogen) atoms. The third-order valence-electron chi connectivity index (χ3n) is 1.92. The Morgan fingerprint density at radius 2 is 2.25 bits per heavy atom. The van der Waals surface area contributed by atoms with Crippen LogP contribution in [0.25, 0.3) is 0 Å². The van der Waals surface area contributed by atoms with Crippen molar-refractivity contribution >= 4 is 11.6 Å². The van der Waals surface area contributed by atoms with E-state index in [2.05, 4.69) is 15.4 Å². The van der Waals surface area contributed by atoms with Crippen molar-refractivity contribution in [1.29, 1.82) is 0 Å². The Hall–Kier alpha value is -2.24. The summed E-state index contributed by atoms with van der Waals surface area (Å²) >= 11 is 0. The van der Waals surface area contributed by atoms with E-state index >= 15 is 0 Å². The van der Waals surface area contributed by atoms with Crippen molar-refractivity contribution in [3.05, 3.63) is 42.7 Å². The van der Waals surface area contributed by atoms with Gasteiger partial charge in [-0.15, -0.1) is 0 Å². The van der Waals surface area contributed by atoms with Gasteiger partial charge in [0.05, 0.1) is 5.69 Å². The van der Waals surface area contributed by atoms with Gasteiger partial charge in [-0.25, -0.2) is 14.1 Å². The maximum absolute atomic E-state index is 13.2. The molecule has 1 heterocycles. The third kappa shape index (κ3) is 2.41. The molecule has 1 aromatic heterocycles. The summed E-state index contributed by atoms with van der Waals surface area (Å²) in [5.41, 5.74) is 0.160. The van der Waals surface area contributed by atoms with Gasteiger partial charge in [-0.2, -0.15) is 5.10 Å². The van der Waals surface area contributed by atoms with E-state index in [0.29, 0.717) is 0 Å². The van der Waals surface area contributed by atoms with E-state index in [1.54, 1.807) is 12.1 Å². The molecule has 5 nitrogen and oxygen atoms in total. The predicted molar refractivity (Wildman–Crippen MR) is 55.1 cm³/mol. The van der Waals surface area contributed by atoms with Gasteiger partial charge in [0, 0.05) is 0 Å². The Labute approximate surface area is 90.9 Å². The first kappa shape index (κ1) is 10.3. The fourth-order valence-corrected chi connectivity index (χ4v) is 1.21. The fraction of sp³-hybridized carbons (Fsp3) is 0.100. The van der Waals surface area contributed by atoms with Crippen LogP contribution in [0.5, 0.6) is 0 Å². The van der Waals surface area contributed by atoms with Crippen molar-refractivity contribution in [2.75, 3.05) is 5.32 Å². The molecular formula is C10H9FN4O. The Kier molecular flexibility index (Phi) is 2.90. The highest BCUT2D eigenvalue weighted by atomic mass is 19.1. The van der Waals surface area contributed by atoms with Crippen LogP contribution >= 0.6 is 0 Å². The number of nitrogens with one attached hydrogen (secondary N) is 1. The van der Waals surface area contributed by atoms with Crippen LogP contribution in [0.1, 0.15) is 0 Å². The lowest BCUT2D eigenvalue weighted by Gasteiger charge is -2.05. The molecular weight excluding hydrogens is 211 g/mol. The summed E-state index contributed by atoms with van der Waals surface area (Å²) in [5, 5.41) is 6.22. The first-order valence-electron chi connectivity index (χ1n) is 4.62. The normalized spacial score (nSPS) is 10.1. The number of amides is 1. The number of carbonyl (C=O) groups excluding carboxylic acids is 1. The lowest BCUT2D eigenvalue weighted by molar-refractivity contribution is -0.116. The van der Waals surface area contributed by atoms with E-state index in [1.807, 2.05) is 0 Å². The average molecular weight is 220 g/mol. The van der Waals surface area contributed by atoms with Crippen molar-refractivity contribution in [3.63, 3.8) is 0 Å². The van der Waals surface area contributed by atoms with Gasteiger partial charge in [-0.1, -0.05) is 12.1 Å². The fourth-order valence-electron chi connectivity index (χ4n) is 1.21. The van der Waals surface area contributed by atoms with E-state index in [1.165, 1.54) is 29.5 Å². The molecule has 0 aliphatic carbocycles. The highest BCUT2D eigenvalue weighted by Crippen LogP contribution is 2.11. The summed E-state index contributed by atoms with van der Waals surface area (Å²) in [4.78, 5) is 15.2. The molecule has 2 rings (SSSR count). The van der Waals surface area contributed by atoms with Gasteiger partial charge in [0.2, 0.25) is 5.91 Å². The first-order chi connectivity index (χ1) is 7.75. The minimum atomic E-state index is -0.463. The van der Waals surface area contributed by atoms with Crippen molar-refractivity contribution in [1.82, 2.24) is 14.8 Å². The number of halogens is 1. The molecule has 0 saturated heterocycles. The number of aromatic nitrogens is 3. The average Bonchev–Trinajstić information content (AvgIpc) is 2.74. The second-order valence-electron chi connectivity index (χ2n) is 3.12. The van der Waals surface area contributed by atoms with E-state index in [4.69, 9.17) is 0 Å².